The number of rotatable bonds is 5. The van der Waals surface area contributed by atoms with Crippen molar-refractivity contribution in [2.24, 2.45) is 5.73 Å². The molecule has 0 aliphatic carbocycles. The molecule has 29 heavy (non-hydrogen) atoms. The van der Waals surface area contributed by atoms with Gasteiger partial charge >= 0.3 is 0 Å². The standard InChI is InChI=1S/C21H20N6O2/c1-11-6-7-15-14(9-24-27-15)16(11)18-17(22)19(20(23)28)26-21(25-18)13-5-3-4-12(8-13)10-29-2/h3-9H,10,22H2,1-2H3,(H2,23,28)(H,24,27). The molecule has 0 radical (unpaired) electrons. The molecule has 0 atom stereocenters. The Balaban J connectivity index is 2.00. The summed E-state index contributed by atoms with van der Waals surface area (Å²) in [5, 5.41) is 7.91. The summed E-state index contributed by atoms with van der Waals surface area (Å²) in [6.45, 7) is 2.40. The number of carbonyl (C=O) groups excluding carboxylic acids is 1. The van der Waals surface area contributed by atoms with E-state index in [1.54, 1.807) is 13.3 Å². The van der Waals surface area contributed by atoms with Gasteiger partial charge in [-0.3, -0.25) is 9.89 Å². The second-order valence-electron chi connectivity index (χ2n) is 6.74. The fraction of sp³-hybridized carbons (Fsp3) is 0.143. The molecule has 0 aliphatic heterocycles. The van der Waals surface area contributed by atoms with Crippen LogP contribution in [0.2, 0.25) is 0 Å². The molecule has 146 valence electrons. The summed E-state index contributed by atoms with van der Waals surface area (Å²) >= 11 is 0. The highest BCUT2D eigenvalue weighted by atomic mass is 16.5. The Bertz CT molecular complexity index is 1230. The number of anilines is 1. The monoisotopic (exact) mass is 388 g/mol. The van der Waals surface area contributed by atoms with E-state index in [1.807, 2.05) is 43.3 Å². The number of aryl methyl sites for hydroxylation is 1. The fourth-order valence-corrected chi connectivity index (χ4v) is 3.38. The average Bonchev–Trinajstić information content (AvgIpc) is 3.17. The number of hydrogen-bond donors (Lipinski definition) is 3. The summed E-state index contributed by atoms with van der Waals surface area (Å²) in [6.07, 6.45) is 1.71. The van der Waals surface area contributed by atoms with Crippen LogP contribution in [0.4, 0.5) is 5.69 Å². The smallest absolute Gasteiger partial charge is 0.269 e. The third-order valence-corrected chi connectivity index (χ3v) is 4.74. The molecule has 1 amide bonds. The van der Waals surface area contributed by atoms with Crippen molar-refractivity contribution in [1.82, 2.24) is 20.2 Å². The van der Waals surface area contributed by atoms with E-state index in [4.69, 9.17) is 21.2 Å². The highest BCUT2D eigenvalue weighted by Crippen LogP contribution is 2.35. The Kier molecular flexibility index (Phi) is 4.69. The lowest BCUT2D eigenvalue weighted by Gasteiger charge is -2.14. The number of carbonyl (C=O) groups is 1. The molecule has 0 fully saturated rings. The van der Waals surface area contributed by atoms with E-state index < -0.39 is 5.91 Å². The maximum Gasteiger partial charge on any atom is 0.269 e. The lowest BCUT2D eigenvalue weighted by molar-refractivity contribution is 0.0996. The number of fused-ring (bicyclic) bond motifs is 1. The number of amides is 1. The van der Waals surface area contributed by atoms with Gasteiger partial charge in [0, 0.05) is 23.6 Å². The van der Waals surface area contributed by atoms with E-state index in [1.165, 1.54) is 0 Å². The number of nitrogens with zero attached hydrogens (tertiary/aromatic N) is 3. The Morgan fingerprint density at radius 1 is 1.21 bits per heavy atom. The molecule has 0 unspecified atom stereocenters. The Morgan fingerprint density at radius 2 is 2.03 bits per heavy atom. The molecule has 0 spiro atoms. The van der Waals surface area contributed by atoms with Crippen molar-refractivity contribution >= 4 is 22.5 Å². The number of H-pyrrole nitrogens is 1. The zero-order valence-electron chi connectivity index (χ0n) is 16.1. The van der Waals surface area contributed by atoms with Crippen molar-refractivity contribution in [2.75, 3.05) is 12.8 Å². The van der Waals surface area contributed by atoms with Gasteiger partial charge in [-0.1, -0.05) is 24.3 Å². The van der Waals surface area contributed by atoms with Gasteiger partial charge in [-0.2, -0.15) is 5.10 Å². The van der Waals surface area contributed by atoms with Gasteiger partial charge < -0.3 is 16.2 Å². The van der Waals surface area contributed by atoms with E-state index >= 15 is 0 Å². The predicted octanol–water partition coefficient (Wildman–Crippen LogP) is 2.82. The number of aromatic nitrogens is 4. The van der Waals surface area contributed by atoms with Gasteiger partial charge in [-0.25, -0.2) is 9.97 Å². The first-order chi connectivity index (χ1) is 14.0. The molecule has 2 aromatic heterocycles. The van der Waals surface area contributed by atoms with Gasteiger partial charge in [0.25, 0.3) is 5.91 Å². The third kappa shape index (κ3) is 3.30. The van der Waals surface area contributed by atoms with Crippen LogP contribution >= 0.6 is 0 Å². The second kappa shape index (κ2) is 7.33. The number of benzene rings is 2. The molecule has 8 heteroatoms. The number of nitrogen functional groups attached to an aromatic ring is 1. The highest BCUT2D eigenvalue weighted by Gasteiger charge is 2.21. The van der Waals surface area contributed by atoms with Crippen molar-refractivity contribution in [1.29, 1.82) is 0 Å². The van der Waals surface area contributed by atoms with Gasteiger partial charge in [0.1, 0.15) is 0 Å². The van der Waals surface area contributed by atoms with Gasteiger partial charge in [-0.15, -0.1) is 0 Å². The summed E-state index contributed by atoms with van der Waals surface area (Å²) in [4.78, 5) is 21.1. The van der Waals surface area contributed by atoms with E-state index in [2.05, 4.69) is 15.2 Å². The number of primary amides is 1. The number of aromatic amines is 1. The Hall–Kier alpha value is -3.78. The first-order valence-corrected chi connectivity index (χ1v) is 8.98. The highest BCUT2D eigenvalue weighted by molar-refractivity contribution is 6.04. The van der Waals surface area contributed by atoms with Crippen molar-refractivity contribution < 1.29 is 9.53 Å². The largest absolute Gasteiger partial charge is 0.395 e. The number of nitrogens with two attached hydrogens (primary N) is 2. The van der Waals surface area contributed by atoms with Crippen molar-refractivity contribution in [2.45, 2.75) is 13.5 Å². The number of ether oxygens (including phenoxy) is 1. The summed E-state index contributed by atoms with van der Waals surface area (Å²) in [5.41, 5.74) is 16.7. The number of nitrogens with one attached hydrogen (secondary N) is 1. The van der Waals surface area contributed by atoms with Crippen LogP contribution in [0.3, 0.4) is 0 Å². The minimum absolute atomic E-state index is 0.0120. The SMILES string of the molecule is COCc1cccc(-c2nc(C(N)=O)c(N)c(-c3c(C)ccc4[nH]ncc34)n2)c1. The molecule has 0 bridgehead atoms. The molecule has 0 aliphatic rings. The minimum atomic E-state index is -0.711. The van der Waals surface area contributed by atoms with Crippen LogP contribution in [-0.2, 0) is 11.3 Å². The van der Waals surface area contributed by atoms with Crippen LogP contribution in [-0.4, -0.2) is 33.2 Å². The van der Waals surface area contributed by atoms with Crippen LogP contribution < -0.4 is 11.5 Å². The third-order valence-electron chi connectivity index (χ3n) is 4.74. The molecule has 8 nitrogen and oxygen atoms in total. The predicted molar refractivity (Wildman–Crippen MR) is 111 cm³/mol. The van der Waals surface area contributed by atoms with Crippen LogP contribution in [0.5, 0.6) is 0 Å². The molecule has 0 saturated carbocycles. The van der Waals surface area contributed by atoms with Crippen molar-refractivity contribution in [3.05, 3.63) is 59.4 Å². The van der Waals surface area contributed by atoms with Crippen LogP contribution in [0, 0.1) is 6.92 Å². The lowest BCUT2D eigenvalue weighted by Crippen LogP contribution is -2.18. The molecule has 4 aromatic rings. The lowest BCUT2D eigenvalue weighted by atomic mass is 9.99. The van der Waals surface area contributed by atoms with Crippen LogP contribution in [0.25, 0.3) is 33.5 Å². The van der Waals surface area contributed by atoms with Crippen LogP contribution in [0.15, 0.2) is 42.6 Å². The van der Waals surface area contributed by atoms with Gasteiger partial charge in [0.2, 0.25) is 0 Å². The Labute approximate surface area is 166 Å². The quantitative estimate of drug-likeness (QED) is 0.481. The minimum Gasteiger partial charge on any atom is -0.395 e. The van der Waals surface area contributed by atoms with E-state index in [9.17, 15) is 4.79 Å². The molecule has 2 heterocycles. The summed E-state index contributed by atoms with van der Waals surface area (Å²) in [6, 6.07) is 11.5. The van der Waals surface area contributed by atoms with E-state index in [-0.39, 0.29) is 11.4 Å². The summed E-state index contributed by atoms with van der Waals surface area (Å²) in [5.74, 6) is -0.349. The fourth-order valence-electron chi connectivity index (χ4n) is 3.38. The zero-order valence-corrected chi connectivity index (χ0v) is 16.1. The van der Waals surface area contributed by atoms with E-state index in [0.717, 1.165) is 33.2 Å². The second-order valence-corrected chi connectivity index (χ2v) is 6.74. The van der Waals surface area contributed by atoms with Gasteiger partial charge in [0.05, 0.1) is 29.7 Å². The van der Waals surface area contributed by atoms with Gasteiger partial charge in [-0.05, 0) is 30.2 Å². The average molecular weight is 388 g/mol. The molecule has 5 N–H and O–H groups in total. The zero-order chi connectivity index (χ0) is 20.5. The molecular formula is C21H20N6O2. The first kappa shape index (κ1) is 18.6. The maximum atomic E-state index is 12.1. The van der Waals surface area contributed by atoms with Crippen LogP contribution in [0.1, 0.15) is 21.6 Å². The molecular weight excluding hydrogens is 368 g/mol. The maximum absolute atomic E-state index is 12.1. The number of hydrogen-bond acceptors (Lipinski definition) is 6. The molecule has 2 aromatic carbocycles. The van der Waals surface area contributed by atoms with Gasteiger partial charge in [0.15, 0.2) is 11.5 Å². The van der Waals surface area contributed by atoms with Crippen molar-refractivity contribution in [3.63, 3.8) is 0 Å². The molecule has 0 saturated heterocycles. The van der Waals surface area contributed by atoms with Crippen molar-refractivity contribution in [3.8, 4) is 22.6 Å². The summed E-state index contributed by atoms with van der Waals surface area (Å²) < 4.78 is 5.20. The normalized spacial score (nSPS) is 11.1. The molecule has 4 rings (SSSR count). The topological polar surface area (TPSA) is 133 Å². The van der Waals surface area contributed by atoms with E-state index in [0.29, 0.717) is 18.1 Å². The summed E-state index contributed by atoms with van der Waals surface area (Å²) in [7, 11) is 1.63. The Morgan fingerprint density at radius 3 is 2.79 bits per heavy atom. The first-order valence-electron chi connectivity index (χ1n) is 8.98. The number of methoxy groups -OCH3 is 1.